The fourth-order valence-electron chi connectivity index (χ4n) is 2.27. The van der Waals surface area contributed by atoms with Crippen molar-refractivity contribution in [2.45, 2.75) is 39.4 Å². The van der Waals surface area contributed by atoms with Crippen LogP contribution in [0.1, 0.15) is 38.1 Å². The average molecular weight is 259 g/mol. The molecule has 0 spiro atoms. The summed E-state index contributed by atoms with van der Waals surface area (Å²) in [5, 5.41) is 11.5. The Balaban J connectivity index is 2.38. The van der Waals surface area contributed by atoms with Crippen molar-refractivity contribution in [3.05, 3.63) is 41.6 Å². The van der Waals surface area contributed by atoms with E-state index in [-0.39, 0.29) is 0 Å². The number of hydrogen-bond acceptors (Lipinski definition) is 3. The Bertz CT molecular complexity index is 578. The van der Waals surface area contributed by atoms with Crippen molar-refractivity contribution >= 4 is 10.9 Å². The summed E-state index contributed by atoms with van der Waals surface area (Å²) >= 11 is 0. The highest BCUT2D eigenvalue weighted by Crippen LogP contribution is 2.30. The predicted octanol–water partition coefficient (Wildman–Crippen LogP) is 3.39. The third kappa shape index (κ3) is 2.94. The lowest BCUT2D eigenvalue weighted by Gasteiger charge is -2.30. The quantitative estimate of drug-likeness (QED) is 0.915. The number of aromatic nitrogens is 1. The second kappa shape index (κ2) is 5.27. The Morgan fingerprint density at radius 3 is 2.68 bits per heavy atom. The van der Waals surface area contributed by atoms with Crippen LogP contribution in [0.15, 0.2) is 30.3 Å². The summed E-state index contributed by atoms with van der Waals surface area (Å²) in [4.78, 5) is 4.46. The van der Waals surface area contributed by atoms with Gasteiger partial charge in [-0.3, -0.25) is 4.98 Å². The molecule has 2 aromatic rings. The van der Waals surface area contributed by atoms with Gasteiger partial charge in [0.25, 0.3) is 0 Å². The van der Waals surface area contributed by atoms with Crippen LogP contribution in [0.4, 0.5) is 0 Å². The van der Waals surface area contributed by atoms with Gasteiger partial charge in [0.15, 0.2) is 0 Å². The van der Waals surface area contributed by atoms with E-state index in [1.165, 1.54) is 0 Å². The molecule has 19 heavy (non-hydrogen) atoms. The fraction of sp³-hybridized carbons (Fsp3) is 0.438. The van der Waals surface area contributed by atoms with Crippen molar-refractivity contribution in [1.82, 2.24) is 4.98 Å². The molecular formula is C16H21NO2. The van der Waals surface area contributed by atoms with Crippen LogP contribution < -0.4 is 0 Å². The number of hydrogen-bond donors (Lipinski definition) is 1. The van der Waals surface area contributed by atoms with Crippen molar-refractivity contribution < 1.29 is 9.84 Å². The van der Waals surface area contributed by atoms with Crippen molar-refractivity contribution in [1.29, 1.82) is 0 Å². The van der Waals surface area contributed by atoms with Crippen molar-refractivity contribution in [2.75, 3.05) is 6.61 Å². The molecule has 3 nitrogen and oxygen atoms in total. The minimum absolute atomic E-state index is 0.582. The zero-order chi connectivity index (χ0) is 14.0. The molecule has 1 aromatic carbocycles. The summed E-state index contributed by atoms with van der Waals surface area (Å²) in [6.07, 6.45) is -0.654. The smallest absolute Gasteiger partial charge is 0.107 e. The summed E-state index contributed by atoms with van der Waals surface area (Å²) < 4.78 is 5.61. The number of aliphatic hydroxyl groups is 1. The number of benzene rings is 1. The molecule has 102 valence electrons. The van der Waals surface area contributed by atoms with E-state index in [4.69, 9.17) is 4.74 Å². The Labute approximate surface area is 114 Å². The lowest BCUT2D eigenvalue weighted by Crippen LogP contribution is -2.32. The highest BCUT2D eigenvalue weighted by atomic mass is 16.5. The summed E-state index contributed by atoms with van der Waals surface area (Å²) in [7, 11) is 0. The minimum Gasteiger partial charge on any atom is -0.385 e. The van der Waals surface area contributed by atoms with Crippen LogP contribution >= 0.6 is 0 Å². The predicted molar refractivity (Wildman–Crippen MR) is 77.1 cm³/mol. The van der Waals surface area contributed by atoms with Gasteiger partial charge in [-0.2, -0.15) is 0 Å². The fourth-order valence-corrected chi connectivity index (χ4v) is 2.27. The zero-order valence-corrected chi connectivity index (χ0v) is 12.0. The second-order valence-corrected chi connectivity index (χ2v) is 5.34. The normalized spacial score (nSPS) is 13.7. The van der Waals surface area contributed by atoms with Gasteiger partial charge in [-0.15, -0.1) is 0 Å². The molecule has 0 fully saturated rings. The lowest BCUT2D eigenvalue weighted by molar-refractivity contribution is -0.0983. The summed E-state index contributed by atoms with van der Waals surface area (Å²) in [6, 6.07) is 9.85. The molecule has 2 rings (SSSR count). The van der Waals surface area contributed by atoms with Crippen LogP contribution in [-0.4, -0.2) is 22.3 Å². The maximum Gasteiger partial charge on any atom is 0.107 e. The van der Waals surface area contributed by atoms with E-state index in [9.17, 15) is 5.11 Å². The van der Waals surface area contributed by atoms with Gasteiger partial charge in [-0.25, -0.2) is 0 Å². The second-order valence-electron chi connectivity index (χ2n) is 5.34. The minimum atomic E-state index is -0.654. The highest BCUT2D eigenvalue weighted by Gasteiger charge is 2.29. The number of aliphatic hydroxyl groups excluding tert-OH is 1. The number of ether oxygens (including phenoxy) is 1. The first-order valence-electron chi connectivity index (χ1n) is 6.63. The van der Waals surface area contributed by atoms with Crippen LogP contribution in [0.25, 0.3) is 10.9 Å². The van der Waals surface area contributed by atoms with Gasteiger partial charge in [0, 0.05) is 17.7 Å². The summed E-state index contributed by atoms with van der Waals surface area (Å²) in [5.74, 6) is 0. The van der Waals surface area contributed by atoms with Gasteiger partial charge in [0.05, 0.1) is 11.1 Å². The molecule has 0 saturated heterocycles. The average Bonchev–Trinajstić information content (AvgIpc) is 2.37. The topological polar surface area (TPSA) is 42.4 Å². The standard InChI is InChI=1S/C16H21NO2/c1-5-19-16(3,4)15(18)13-8-9-14-12(10-13)7-6-11(2)17-14/h6-10,15,18H,5H2,1-4H3. The Morgan fingerprint density at radius 1 is 1.26 bits per heavy atom. The van der Waals surface area contributed by atoms with Crippen LogP contribution in [0.2, 0.25) is 0 Å². The first-order valence-corrected chi connectivity index (χ1v) is 6.63. The third-order valence-electron chi connectivity index (χ3n) is 3.34. The van der Waals surface area contributed by atoms with Crippen LogP contribution in [0, 0.1) is 6.92 Å². The monoisotopic (exact) mass is 259 g/mol. The van der Waals surface area contributed by atoms with Gasteiger partial charge in [0.2, 0.25) is 0 Å². The molecule has 0 aliphatic rings. The van der Waals surface area contributed by atoms with Crippen LogP contribution in [-0.2, 0) is 4.74 Å². The number of aryl methyl sites for hydroxylation is 1. The van der Waals surface area contributed by atoms with Gasteiger partial charge in [-0.1, -0.05) is 12.1 Å². The van der Waals surface area contributed by atoms with Gasteiger partial charge in [0.1, 0.15) is 6.10 Å². The van der Waals surface area contributed by atoms with E-state index in [1.54, 1.807) is 0 Å². The molecule has 0 aliphatic carbocycles. The van der Waals surface area contributed by atoms with Gasteiger partial charge >= 0.3 is 0 Å². The molecule has 1 N–H and O–H groups in total. The van der Waals surface area contributed by atoms with Gasteiger partial charge < -0.3 is 9.84 Å². The van der Waals surface area contributed by atoms with E-state index < -0.39 is 11.7 Å². The molecule has 0 saturated carbocycles. The van der Waals surface area contributed by atoms with E-state index in [0.717, 1.165) is 22.2 Å². The summed E-state index contributed by atoms with van der Waals surface area (Å²) in [6.45, 7) is 8.29. The van der Waals surface area contributed by atoms with Crippen LogP contribution in [0.5, 0.6) is 0 Å². The Morgan fingerprint density at radius 2 is 2.00 bits per heavy atom. The molecule has 3 heteroatoms. The maximum atomic E-state index is 10.4. The largest absolute Gasteiger partial charge is 0.385 e. The SMILES string of the molecule is CCOC(C)(C)C(O)c1ccc2nc(C)ccc2c1. The van der Waals surface area contributed by atoms with E-state index in [2.05, 4.69) is 4.98 Å². The molecule has 0 amide bonds. The zero-order valence-electron chi connectivity index (χ0n) is 12.0. The molecule has 1 atom stereocenters. The molecule has 0 radical (unpaired) electrons. The third-order valence-corrected chi connectivity index (χ3v) is 3.34. The Kier molecular flexibility index (Phi) is 3.88. The van der Waals surface area contributed by atoms with Crippen LogP contribution in [0.3, 0.4) is 0 Å². The molecular weight excluding hydrogens is 238 g/mol. The van der Waals surface area contributed by atoms with Gasteiger partial charge in [-0.05, 0) is 51.5 Å². The van der Waals surface area contributed by atoms with Crippen molar-refractivity contribution in [2.24, 2.45) is 0 Å². The number of rotatable bonds is 4. The number of nitrogens with zero attached hydrogens (tertiary/aromatic N) is 1. The lowest BCUT2D eigenvalue weighted by atomic mass is 9.93. The molecule has 0 aliphatic heterocycles. The van der Waals surface area contributed by atoms with E-state index >= 15 is 0 Å². The Hall–Kier alpha value is -1.45. The molecule has 1 unspecified atom stereocenters. The van der Waals surface area contributed by atoms with Crippen molar-refractivity contribution in [3.8, 4) is 0 Å². The highest BCUT2D eigenvalue weighted by molar-refractivity contribution is 5.79. The number of fused-ring (bicyclic) bond motifs is 1. The summed E-state index contributed by atoms with van der Waals surface area (Å²) in [5.41, 5.74) is 2.21. The number of pyridine rings is 1. The maximum absolute atomic E-state index is 10.4. The molecule has 1 aromatic heterocycles. The van der Waals surface area contributed by atoms with Crippen molar-refractivity contribution in [3.63, 3.8) is 0 Å². The van der Waals surface area contributed by atoms with E-state index in [0.29, 0.717) is 6.61 Å². The van der Waals surface area contributed by atoms with E-state index in [1.807, 2.05) is 58.0 Å². The first kappa shape index (κ1) is 14.0. The first-order chi connectivity index (χ1) is 8.94. The molecule has 0 bridgehead atoms. The molecule has 1 heterocycles.